The molecule has 0 saturated heterocycles. The van der Waals surface area contributed by atoms with Gasteiger partial charge in [0, 0.05) is 31.1 Å². The molecule has 166 valence electrons. The molecule has 3 rings (SSSR count). The summed E-state index contributed by atoms with van der Waals surface area (Å²) < 4.78 is 21.5. The first-order valence-corrected chi connectivity index (χ1v) is 10.3. The normalized spacial score (nSPS) is 10.4. The Kier molecular flexibility index (Phi) is 8.01. The van der Waals surface area contributed by atoms with Crippen LogP contribution >= 0.6 is 23.2 Å². The molecule has 0 atom stereocenters. The highest BCUT2D eigenvalue weighted by Crippen LogP contribution is 2.40. The fourth-order valence-electron chi connectivity index (χ4n) is 3.01. The average Bonchev–Trinajstić information content (AvgIpc) is 2.81. The van der Waals surface area contributed by atoms with Gasteiger partial charge in [0.15, 0.2) is 11.5 Å². The lowest BCUT2D eigenvalue weighted by Crippen LogP contribution is -2.05. The van der Waals surface area contributed by atoms with E-state index >= 15 is 0 Å². The Balaban J connectivity index is 2.08. The topological polar surface area (TPSA) is 85.6 Å². The SMILES string of the molecule is COCCOc1cc(-c2cncc(C#N)c2Nc2cc(OC)c(Cl)cc2Cl)ccc1OC. The van der Waals surface area contributed by atoms with Crippen LogP contribution in [0.25, 0.3) is 11.1 Å². The molecule has 0 aliphatic carbocycles. The number of methoxy groups -OCH3 is 3. The summed E-state index contributed by atoms with van der Waals surface area (Å²) in [4.78, 5) is 4.22. The molecule has 0 aliphatic heterocycles. The van der Waals surface area contributed by atoms with E-state index in [9.17, 15) is 5.26 Å². The van der Waals surface area contributed by atoms with Crippen molar-refractivity contribution in [3.8, 4) is 34.4 Å². The van der Waals surface area contributed by atoms with Gasteiger partial charge in [-0.25, -0.2) is 0 Å². The van der Waals surface area contributed by atoms with Crippen molar-refractivity contribution in [2.45, 2.75) is 0 Å². The van der Waals surface area contributed by atoms with Gasteiger partial charge in [-0.2, -0.15) is 5.26 Å². The van der Waals surface area contributed by atoms with Crippen molar-refractivity contribution in [2.75, 3.05) is 39.9 Å². The highest BCUT2D eigenvalue weighted by atomic mass is 35.5. The van der Waals surface area contributed by atoms with Crippen molar-refractivity contribution in [1.29, 1.82) is 5.26 Å². The summed E-state index contributed by atoms with van der Waals surface area (Å²) in [6.45, 7) is 0.792. The van der Waals surface area contributed by atoms with Gasteiger partial charge in [0.1, 0.15) is 18.4 Å². The molecular formula is C23H21Cl2N3O4. The standard InChI is InChI=1S/C23H21Cl2N3O4/c1-29-6-7-32-22-8-14(4-5-20(22)30-2)16-13-27-12-15(11-26)23(16)28-19-10-21(31-3)18(25)9-17(19)24/h4-5,8-10,12-13H,6-7H2,1-3H3,(H,27,28). The maximum Gasteiger partial charge on any atom is 0.161 e. The number of pyridine rings is 1. The molecule has 0 spiro atoms. The zero-order valence-electron chi connectivity index (χ0n) is 17.7. The molecule has 7 nitrogen and oxygen atoms in total. The van der Waals surface area contributed by atoms with Crippen molar-refractivity contribution in [3.05, 3.63) is 58.3 Å². The minimum atomic E-state index is 0.338. The molecule has 0 radical (unpaired) electrons. The van der Waals surface area contributed by atoms with E-state index in [1.807, 2.05) is 12.1 Å². The number of anilines is 2. The number of ether oxygens (including phenoxy) is 4. The quantitative estimate of drug-likeness (QED) is 0.398. The molecule has 1 aromatic heterocycles. The van der Waals surface area contributed by atoms with Gasteiger partial charge in [-0.05, 0) is 23.8 Å². The number of nitrogens with one attached hydrogen (secondary N) is 1. The molecule has 9 heteroatoms. The lowest BCUT2D eigenvalue weighted by Gasteiger charge is -2.17. The number of benzene rings is 2. The largest absolute Gasteiger partial charge is 0.495 e. The van der Waals surface area contributed by atoms with Crippen LogP contribution in [-0.4, -0.2) is 39.5 Å². The highest BCUT2D eigenvalue weighted by Gasteiger charge is 2.16. The molecule has 0 amide bonds. The van der Waals surface area contributed by atoms with Crippen LogP contribution in [0.1, 0.15) is 5.56 Å². The summed E-state index contributed by atoms with van der Waals surface area (Å²) in [7, 11) is 4.68. The summed E-state index contributed by atoms with van der Waals surface area (Å²) in [5, 5.41) is 13.7. The summed E-state index contributed by atoms with van der Waals surface area (Å²) in [6.07, 6.45) is 3.14. The van der Waals surface area contributed by atoms with E-state index in [4.69, 9.17) is 42.1 Å². The zero-order valence-corrected chi connectivity index (χ0v) is 19.3. The van der Waals surface area contributed by atoms with Crippen molar-refractivity contribution in [1.82, 2.24) is 4.98 Å². The number of aromatic nitrogens is 1. The van der Waals surface area contributed by atoms with Crippen LogP contribution in [-0.2, 0) is 4.74 Å². The van der Waals surface area contributed by atoms with Crippen LogP contribution in [0, 0.1) is 11.3 Å². The van der Waals surface area contributed by atoms with Crippen LogP contribution in [0.4, 0.5) is 11.4 Å². The minimum absolute atomic E-state index is 0.338. The van der Waals surface area contributed by atoms with Gasteiger partial charge >= 0.3 is 0 Å². The van der Waals surface area contributed by atoms with Gasteiger partial charge in [-0.3, -0.25) is 4.98 Å². The number of rotatable bonds is 9. The van der Waals surface area contributed by atoms with Crippen molar-refractivity contribution >= 4 is 34.6 Å². The molecule has 0 bridgehead atoms. The van der Waals surface area contributed by atoms with E-state index in [0.29, 0.717) is 63.0 Å². The molecule has 3 aromatic rings. The van der Waals surface area contributed by atoms with Gasteiger partial charge in [-0.1, -0.05) is 29.3 Å². The first-order chi connectivity index (χ1) is 15.5. The minimum Gasteiger partial charge on any atom is -0.495 e. The van der Waals surface area contributed by atoms with Crippen molar-refractivity contribution in [2.24, 2.45) is 0 Å². The predicted molar refractivity (Wildman–Crippen MR) is 125 cm³/mol. The zero-order chi connectivity index (χ0) is 23.1. The van der Waals surface area contributed by atoms with Gasteiger partial charge in [0.2, 0.25) is 0 Å². The highest BCUT2D eigenvalue weighted by molar-refractivity contribution is 6.37. The van der Waals surface area contributed by atoms with E-state index in [1.54, 1.807) is 38.6 Å². The summed E-state index contributed by atoms with van der Waals surface area (Å²) >= 11 is 12.5. The molecule has 0 unspecified atom stereocenters. The van der Waals surface area contributed by atoms with Gasteiger partial charge in [0.05, 0.1) is 47.8 Å². The fraction of sp³-hybridized carbons (Fsp3) is 0.217. The first kappa shape index (κ1) is 23.5. The van der Waals surface area contributed by atoms with Gasteiger partial charge in [-0.15, -0.1) is 0 Å². The number of nitriles is 1. The molecule has 0 fully saturated rings. The maximum absolute atomic E-state index is 9.69. The summed E-state index contributed by atoms with van der Waals surface area (Å²) in [5.41, 5.74) is 2.84. The lowest BCUT2D eigenvalue weighted by atomic mass is 10.0. The van der Waals surface area contributed by atoms with E-state index < -0.39 is 0 Å². The Bertz CT molecular complexity index is 1150. The second kappa shape index (κ2) is 10.9. The van der Waals surface area contributed by atoms with Crippen LogP contribution in [0.3, 0.4) is 0 Å². The van der Waals surface area contributed by atoms with Crippen molar-refractivity contribution < 1.29 is 18.9 Å². The molecule has 1 N–H and O–H groups in total. The maximum atomic E-state index is 9.69. The van der Waals surface area contributed by atoms with E-state index in [2.05, 4.69) is 16.4 Å². The number of nitrogens with zero attached hydrogens (tertiary/aromatic N) is 2. The van der Waals surface area contributed by atoms with Gasteiger partial charge in [0.25, 0.3) is 0 Å². The fourth-order valence-corrected chi connectivity index (χ4v) is 3.51. The lowest BCUT2D eigenvalue weighted by molar-refractivity contribution is 0.144. The average molecular weight is 474 g/mol. The molecule has 2 aromatic carbocycles. The third kappa shape index (κ3) is 5.17. The number of halogens is 2. The Hall–Kier alpha value is -3.18. The predicted octanol–water partition coefficient (Wildman–Crippen LogP) is 5.71. The second-order valence-corrected chi connectivity index (χ2v) is 7.33. The Labute approximate surface area is 196 Å². The van der Waals surface area contributed by atoms with Gasteiger partial charge < -0.3 is 24.3 Å². The summed E-state index contributed by atoms with van der Waals surface area (Å²) in [5.74, 6) is 1.57. The molecule has 32 heavy (non-hydrogen) atoms. The van der Waals surface area contributed by atoms with E-state index in [1.165, 1.54) is 13.3 Å². The number of hydrogen-bond donors (Lipinski definition) is 1. The molecule has 0 aliphatic rings. The van der Waals surface area contributed by atoms with E-state index in [-0.39, 0.29) is 0 Å². The molecule has 1 heterocycles. The Morgan fingerprint density at radius 3 is 2.41 bits per heavy atom. The third-order valence-electron chi connectivity index (χ3n) is 4.59. The second-order valence-electron chi connectivity index (χ2n) is 6.52. The molecule has 0 saturated carbocycles. The third-order valence-corrected chi connectivity index (χ3v) is 5.20. The van der Waals surface area contributed by atoms with Crippen LogP contribution in [0.15, 0.2) is 42.7 Å². The molecular weight excluding hydrogens is 453 g/mol. The smallest absolute Gasteiger partial charge is 0.161 e. The van der Waals surface area contributed by atoms with Crippen LogP contribution in [0.5, 0.6) is 17.2 Å². The van der Waals surface area contributed by atoms with E-state index in [0.717, 1.165) is 5.56 Å². The Morgan fingerprint density at radius 2 is 1.72 bits per heavy atom. The van der Waals surface area contributed by atoms with Crippen molar-refractivity contribution in [3.63, 3.8) is 0 Å². The monoisotopic (exact) mass is 473 g/mol. The van der Waals surface area contributed by atoms with Crippen LogP contribution < -0.4 is 19.5 Å². The first-order valence-electron chi connectivity index (χ1n) is 9.50. The number of hydrogen-bond acceptors (Lipinski definition) is 7. The Morgan fingerprint density at radius 1 is 0.938 bits per heavy atom. The van der Waals surface area contributed by atoms with Crippen LogP contribution in [0.2, 0.25) is 10.0 Å². The summed E-state index contributed by atoms with van der Waals surface area (Å²) in [6, 6.07) is 10.9.